The van der Waals surface area contributed by atoms with Crippen LogP contribution in [0.1, 0.15) is 58.8 Å². The number of hydrogen-bond donors (Lipinski definition) is 1. The maximum atomic E-state index is 5.98. The van der Waals surface area contributed by atoms with Crippen molar-refractivity contribution in [3.63, 3.8) is 0 Å². The van der Waals surface area contributed by atoms with Crippen molar-refractivity contribution in [1.82, 2.24) is 0 Å². The van der Waals surface area contributed by atoms with E-state index in [4.69, 9.17) is 14.6 Å². The lowest BCUT2D eigenvalue weighted by molar-refractivity contribution is 0.0836. The molecule has 0 saturated carbocycles. The molecule has 0 aliphatic rings. The van der Waals surface area contributed by atoms with Crippen LogP contribution < -0.4 is 5.40 Å². The van der Waals surface area contributed by atoms with Crippen LogP contribution in [-0.4, -0.2) is 33.5 Å². The SMILES string of the molecule is CCCCCC(CCO[Si](N)CCI)COCCCC. The molecule has 2 N–H and O–H groups in total. The number of halogens is 1. The van der Waals surface area contributed by atoms with Gasteiger partial charge in [0, 0.05) is 24.2 Å². The number of unbranched alkanes of at least 4 members (excludes halogenated alkanes) is 3. The van der Waals surface area contributed by atoms with Crippen molar-refractivity contribution < 1.29 is 9.16 Å². The van der Waals surface area contributed by atoms with Gasteiger partial charge in [0.2, 0.25) is 0 Å². The molecule has 1 atom stereocenters. The summed E-state index contributed by atoms with van der Waals surface area (Å²) in [5.74, 6) is 0.646. The fourth-order valence-corrected chi connectivity index (χ4v) is 4.32. The van der Waals surface area contributed by atoms with E-state index < -0.39 is 9.20 Å². The fraction of sp³-hybridized carbons (Fsp3) is 1.00. The Morgan fingerprint density at radius 1 is 1.05 bits per heavy atom. The van der Waals surface area contributed by atoms with E-state index in [1.54, 1.807) is 0 Å². The van der Waals surface area contributed by atoms with Gasteiger partial charge in [-0.2, -0.15) is 0 Å². The zero-order valence-corrected chi connectivity index (χ0v) is 16.5. The molecule has 0 rings (SSSR count). The molecule has 0 aliphatic heterocycles. The van der Waals surface area contributed by atoms with E-state index in [1.165, 1.54) is 38.5 Å². The summed E-state index contributed by atoms with van der Waals surface area (Å²) >= 11 is 2.36. The van der Waals surface area contributed by atoms with E-state index in [9.17, 15) is 0 Å². The van der Waals surface area contributed by atoms with Gasteiger partial charge < -0.3 is 14.6 Å². The van der Waals surface area contributed by atoms with Gasteiger partial charge in [-0.3, -0.25) is 0 Å². The molecule has 0 heterocycles. The average Bonchev–Trinajstić information content (AvgIpc) is 2.43. The lowest BCUT2D eigenvalue weighted by atomic mass is 9.99. The summed E-state index contributed by atoms with van der Waals surface area (Å²) in [5, 5.41) is 5.98. The molecule has 1 unspecified atom stereocenters. The highest BCUT2D eigenvalue weighted by Gasteiger charge is 2.11. The molecule has 20 heavy (non-hydrogen) atoms. The molecule has 0 spiro atoms. The Hall–Kier alpha value is 0.827. The summed E-state index contributed by atoms with van der Waals surface area (Å²) in [6.45, 7) is 7.07. The van der Waals surface area contributed by atoms with Crippen molar-refractivity contribution in [2.24, 2.45) is 11.3 Å². The van der Waals surface area contributed by atoms with Crippen LogP contribution in [0.2, 0.25) is 6.04 Å². The maximum absolute atomic E-state index is 5.98. The van der Waals surface area contributed by atoms with Gasteiger partial charge in [0.15, 0.2) is 0 Å². The molecule has 0 aromatic heterocycles. The minimum Gasteiger partial charge on any atom is -0.403 e. The van der Waals surface area contributed by atoms with Crippen molar-refractivity contribution in [2.45, 2.75) is 64.8 Å². The fourth-order valence-electron chi connectivity index (χ4n) is 2.01. The summed E-state index contributed by atoms with van der Waals surface area (Å²) in [7, 11) is -1.04. The van der Waals surface area contributed by atoms with E-state index >= 15 is 0 Å². The van der Waals surface area contributed by atoms with Gasteiger partial charge in [0.1, 0.15) is 0 Å². The van der Waals surface area contributed by atoms with Crippen LogP contribution in [0.25, 0.3) is 0 Å². The number of nitrogens with two attached hydrogens (primary N) is 1. The molecule has 0 aromatic carbocycles. The molecule has 0 bridgehead atoms. The molecule has 121 valence electrons. The smallest absolute Gasteiger partial charge is 0.300 e. The maximum Gasteiger partial charge on any atom is 0.300 e. The Bertz CT molecular complexity index is 199. The molecule has 0 aromatic rings. The third kappa shape index (κ3) is 13.8. The zero-order valence-electron chi connectivity index (χ0n) is 13.3. The Labute approximate surface area is 141 Å². The Kier molecular flexibility index (Phi) is 16.9. The van der Waals surface area contributed by atoms with Crippen LogP contribution in [0.5, 0.6) is 0 Å². The number of rotatable bonds is 15. The van der Waals surface area contributed by atoms with Crippen LogP contribution in [-0.2, 0) is 9.16 Å². The minimum absolute atomic E-state index is 0.646. The normalized spacial score (nSPS) is 13.1. The Morgan fingerprint density at radius 2 is 1.80 bits per heavy atom. The van der Waals surface area contributed by atoms with Crippen LogP contribution in [0, 0.1) is 5.92 Å². The van der Waals surface area contributed by atoms with Crippen molar-refractivity contribution in [3.05, 3.63) is 0 Å². The second-order valence-corrected chi connectivity index (χ2v) is 8.13. The number of ether oxygens (including phenoxy) is 1. The van der Waals surface area contributed by atoms with Crippen LogP contribution in [0.4, 0.5) is 0 Å². The van der Waals surface area contributed by atoms with E-state index in [-0.39, 0.29) is 0 Å². The first-order chi connectivity index (χ1) is 9.74. The molecule has 0 fully saturated rings. The predicted molar refractivity (Wildman–Crippen MR) is 97.6 cm³/mol. The second kappa shape index (κ2) is 16.2. The summed E-state index contributed by atoms with van der Waals surface area (Å²) in [5.41, 5.74) is 0. The summed E-state index contributed by atoms with van der Waals surface area (Å²) in [4.78, 5) is 0. The van der Waals surface area contributed by atoms with Crippen LogP contribution in [0.15, 0.2) is 0 Å². The first-order valence-corrected chi connectivity index (χ1v) is 11.3. The topological polar surface area (TPSA) is 44.5 Å². The van der Waals surface area contributed by atoms with Gasteiger partial charge in [0.25, 0.3) is 0 Å². The number of hydrogen-bond acceptors (Lipinski definition) is 3. The van der Waals surface area contributed by atoms with Gasteiger partial charge in [-0.1, -0.05) is 62.1 Å². The van der Waals surface area contributed by atoms with Crippen molar-refractivity contribution in [1.29, 1.82) is 0 Å². The molecule has 1 radical (unpaired) electrons. The monoisotopic (exact) mass is 414 g/mol. The predicted octanol–water partition coefficient (Wildman–Crippen LogP) is 4.29. The van der Waals surface area contributed by atoms with Crippen molar-refractivity contribution in [2.75, 3.05) is 24.2 Å². The van der Waals surface area contributed by atoms with Gasteiger partial charge in [0.05, 0.1) is 0 Å². The average molecular weight is 414 g/mol. The lowest BCUT2D eigenvalue weighted by Crippen LogP contribution is -2.31. The summed E-state index contributed by atoms with van der Waals surface area (Å²) < 4.78 is 12.7. The quantitative estimate of drug-likeness (QED) is 0.188. The summed E-state index contributed by atoms with van der Waals surface area (Å²) in [6, 6.07) is 1.04. The highest BCUT2D eigenvalue weighted by molar-refractivity contribution is 14.1. The van der Waals surface area contributed by atoms with Crippen molar-refractivity contribution in [3.8, 4) is 0 Å². The lowest BCUT2D eigenvalue weighted by Gasteiger charge is -2.18. The second-order valence-electron chi connectivity index (χ2n) is 5.33. The number of alkyl halides is 1. The minimum atomic E-state index is -1.04. The van der Waals surface area contributed by atoms with Crippen molar-refractivity contribution >= 4 is 31.8 Å². The highest BCUT2D eigenvalue weighted by Crippen LogP contribution is 2.15. The third-order valence-electron chi connectivity index (χ3n) is 3.37. The molecule has 0 amide bonds. The van der Waals surface area contributed by atoms with E-state index in [1.807, 2.05) is 0 Å². The molecular weight excluding hydrogens is 381 g/mol. The molecule has 3 nitrogen and oxygen atoms in total. The Morgan fingerprint density at radius 3 is 2.45 bits per heavy atom. The van der Waals surface area contributed by atoms with Gasteiger partial charge in [-0.15, -0.1) is 0 Å². The zero-order chi connectivity index (χ0) is 15.1. The summed E-state index contributed by atoms with van der Waals surface area (Å²) in [6.07, 6.45) is 8.67. The van der Waals surface area contributed by atoms with Gasteiger partial charge in [-0.25, -0.2) is 0 Å². The van der Waals surface area contributed by atoms with Crippen LogP contribution >= 0.6 is 22.6 Å². The van der Waals surface area contributed by atoms with Crippen LogP contribution in [0.3, 0.4) is 0 Å². The van der Waals surface area contributed by atoms with Gasteiger partial charge >= 0.3 is 9.20 Å². The molecule has 0 aliphatic carbocycles. The molecule has 0 saturated heterocycles. The molecule has 5 heteroatoms. The Balaban J connectivity index is 3.78. The highest BCUT2D eigenvalue weighted by atomic mass is 127. The van der Waals surface area contributed by atoms with E-state index in [0.29, 0.717) is 5.92 Å². The van der Waals surface area contributed by atoms with Gasteiger partial charge in [-0.05, 0) is 31.2 Å². The van der Waals surface area contributed by atoms with E-state index in [2.05, 4.69) is 36.4 Å². The van der Waals surface area contributed by atoms with E-state index in [0.717, 1.165) is 36.7 Å². The standard InChI is InChI=1S/C15H33INO2Si/c1-3-5-7-8-15(14-18-11-6-4-2)9-12-19-20(17)13-10-16/h15H,3-14,17H2,1-2H3. The molecular formula is C15H33INO2Si. The first kappa shape index (κ1) is 20.8. The third-order valence-corrected chi connectivity index (χ3v) is 6.24. The first-order valence-electron chi connectivity index (χ1n) is 8.12. The largest absolute Gasteiger partial charge is 0.403 e.